The summed E-state index contributed by atoms with van der Waals surface area (Å²) in [6.07, 6.45) is 15.5. The Labute approximate surface area is 270 Å². The highest BCUT2D eigenvalue weighted by Gasteiger charge is 2.69. The van der Waals surface area contributed by atoms with Crippen LogP contribution in [-0.2, 0) is 14.3 Å². The van der Waals surface area contributed by atoms with Crippen LogP contribution in [-0.4, -0.2) is 23.1 Å². The number of hydrogen-bond acceptors (Lipinski definition) is 3. The summed E-state index contributed by atoms with van der Waals surface area (Å²) >= 11 is 6.01. The summed E-state index contributed by atoms with van der Waals surface area (Å²) in [5, 5.41) is 11.3. The zero-order valence-electron chi connectivity index (χ0n) is 28.0. The van der Waals surface area contributed by atoms with Crippen molar-refractivity contribution in [1.29, 1.82) is 0 Å². The Balaban J connectivity index is 1.26. The van der Waals surface area contributed by atoms with E-state index in [1.807, 2.05) is 24.3 Å². The first-order valence-electron chi connectivity index (χ1n) is 17.1. The maximum Gasteiger partial charge on any atom is 0.331 e. The second kappa shape index (κ2) is 10.5. The minimum absolute atomic E-state index is 0.0147. The lowest BCUT2D eigenvalue weighted by Gasteiger charge is -2.71. The predicted molar refractivity (Wildman–Crippen MR) is 177 cm³/mol. The third-order valence-corrected chi connectivity index (χ3v) is 14.8. The van der Waals surface area contributed by atoms with E-state index < -0.39 is 11.4 Å². The molecule has 0 amide bonds. The van der Waals surface area contributed by atoms with E-state index in [9.17, 15) is 14.7 Å². The molecule has 4 nitrogen and oxygen atoms in total. The molecule has 6 rings (SSSR count). The van der Waals surface area contributed by atoms with Gasteiger partial charge in [-0.15, -0.1) is 0 Å². The normalized spacial score (nSPS) is 42.2. The lowest BCUT2D eigenvalue weighted by atomic mass is 9.33. The molecule has 1 aromatic rings. The molecule has 0 saturated heterocycles. The number of fused-ring (bicyclic) bond motifs is 7. The number of carbonyl (C=O) groups is 2. The van der Waals surface area contributed by atoms with Crippen molar-refractivity contribution < 1.29 is 19.4 Å². The lowest BCUT2D eigenvalue weighted by Crippen LogP contribution is -2.65. The van der Waals surface area contributed by atoms with Gasteiger partial charge in [-0.2, -0.15) is 0 Å². The Morgan fingerprint density at radius 3 is 2.25 bits per heavy atom. The number of rotatable bonds is 4. The summed E-state index contributed by atoms with van der Waals surface area (Å²) in [5.74, 6) is 0.269. The fourth-order valence-electron chi connectivity index (χ4n) is 11.7. The van der Waals surface area contributed by atoms with Gasteiger partial charge in [0.2, 0.25) is 0 Å². The molecule has 4 saturated carbocycles. The van der Waals surface area contributed by atoms with E-state index in [-0.39, 0.29) is 45.1 Å². The molecule has 0 heterocycles. The zero-order chi connectivity index (χ0) is 31.9. The number of carboxylic acid groups (broad SMARTS) is 1. The van der Waals surface area contributed by atoms with Crippen LogP contribution in [0.1, 0.15) is 118 Å². The van der Waals surface area contributed by atoms with E-state index in [0.717, 1.165) is 69.8 Å². The fourth-order valence-corrected chi connectivity index (χ4v) is 11.9. The van der Waals surface area contributed by atoms with Crippen LogP contribution in [0.15, 0.2) is 42.0 Å². The van der Waals surface area contributed by atoms with E-state index in [0.29, 0.717) is 16.9 Å². The van der Waals surface area contributed by atoms with Crippen molar-refractivity contribution in [1.82, 2.24) is 0 Å². The smallest absolute Gasteiger partial charge is 0.331 e. The average molecular weight is 621 g/mol. The van der Waals surface area contributed by atoms with Gasteiger partial charge in [-0.05, 0) is 127 Å². The second-order valence-electron chi connectivity index (χ2n) is 17.3. The summed E-state index contributed by atoms with van der Waals surface area (Å²) in [5.41, 5.74) is 2.11. The van der Waals surface area contributed by atoms with Gasteiger partial charge >= 0.3 is 11.9 Å². The number of halogens is 1. The van der Waals surface area contributed by atoms with Gasteiger partial charge in [0.1, 0.15) is 6.10 Å². The van der Waals surface area contributed by atoms with Gasteiger partial charge < -0.3 is 9.84 Å². The average Bonchev–Trinajstić information content (AvgIpc) is 2.94. The minimum atomic E-state index is -0.600. The van der Waals surface area contributed by atoms with Gasteiger partial charge in [-0.25, -0.2) is 4.79 Å². The quantitative estimate of drug-likeness (QED) is 0.207. The number of aliphatic carboxylic acids is 1. The van der Waals surface area contributed by atoms with Crippen molar-refractivity contribution in [2.75, 3.05) is 0 Å². The Kier molecular flexibility index (Phi) is 7.59. The molecule has 0 radical (unpaired) electrons. The van der Waals surface area contributed by atoms with E-state index in [4.69, 9.17) is 16.3 Å². The number of carbonyl (C=O) groups excluding carboxylic acids is 1. The molecule has 4 fully saturated rings. The summed E-state index contributed by atoms with van der Waals surface area (Å²) in [6, 6.07) is 7.44. The predicted octanol–water partition coefficient (Wildman–Crippen LogP) is 10.2. The Bertz CT molecular complexity index is 1390. The molecule has 44 heavy (non-hydrogen) atoms. The number of allylic oxidation sites excluding steroid dienone is 2. The van der Waals surface area contributed by atoms with E-state index in [1.54, 1.807) is 12.2 Å². The number of benzene rings is 1. The van der Waals surface area contributed by atoms with Crippen LogP contribution < -0.4 is 0 Å². The molecule has 1 N–H and O–H groups in total. The lowest BCUT2D eigenvalue weighted by molar-refractivity contribution is -0.212. The molecule has 5 heteroatoms. The highest BCUT2D eigenvalue weighted by atomic mass is 35.5. The third kappa shape index (κ3) is 4.66. The number of hydrogen-bond donors (Lipinski definition) is 1. The van der Waals surface area contributed by atoms with Crippen molar-refractivity contribution in [2.24, 2.45) is 50.2 Å². The van der Waals surface area contributed by atoms with Crippen molar-refractivity contribution in [3.63, 3.8) is 0 Å². The Hall–Kier alpha value is -2.07. The molecule has 0 aliphatic heterocycles. The molecule has 5 aliphatic rings. The van der Waals surface area contributed by atoms with Gasteiger partial charge in [-0.3, -0.25) is 4.79 Å². The first kappa shape index (κ1) is 31.9. The molecular weight excluding hydrogens is 568 g/mol. The Morgan fingerprint density at radius 2 is 1.57 bits per heavy atom. The van der Waals surface area contributed by atoms with E-state index in [1.165, 1.54) is 5.57 Å². The first-order valence-corrected chi connectivity index (χ1v) is 17.4. The van der Waals surface area contributed by atoms with Crippen LogP contribution in [0, 0.1) is 50.2 Å². The van der Waals surface area contributed by atoms with Crippen molar-refractivity contribution in [2.45, 2.75) is 119 Å². The highest BCUT2D eigenvalue weighted by Crippen LogP contribution is 2.75. The summed E-state index contributed by atoms with van der Waals surface area (Å²) in [7, 11) is 0. The molecule has 240 valence electrons. The number of ether oxygens (including phenoxy) is 1. The molecule has 0 spiro atoms. The summed E-state index contributed by atoms with van der Waals surface area (Å²) in [4.78, 5) is 25.9. The maximum absolute atomic E-state index is 13.0. The second-order valence-corrected chi connectivity index (χ2v) is 17.8. The molecular formula is C39H53ClO4. The molecule has 1 aromatic carbocycles. The van der Waals surface area contributed by atoms with Crippen LogP contribution in [0.25, 0.3) is 6.08 Å². The van der Waals surface area contributed by atoms with Crippen molar-refractivity contribution >= 4 is 29.6 Å². The minimum Gasteiger partial charge on any atom is -0.481 e. The SMILES string of the molecule is CC1(C)CC[C@]2(C(=O)O)CC[C@]3(C)C(=CCC4[C@@]5(C)CC[C@H](OC(=O)/C=C/c6ccc(Cl)cc6)C(C)(C)C5CC[C@]43C)[C@@H]2C1. The molecule has 0 bridgehead atoms. The number of carboxylic acids is 1. The largest absolute Gasteiger partial charge is 0.481 e. The number of esters is 1. The highest BCUT2D eigenvalue weighted by molar-refractivity contribution is 6.30. The van der Waals surface area contributed by atoms with Crippen LogP contribution in [0.4, 0.5) is 0 Å². The van der Waals surface area contributed by atoms with Crippen LogP contribution >= 0.6 is 11.6 Å². The van der Waals surface area contributed by atoms with E-state index in [2.05, 4.69) is 54.5 Å². The fraction of sp³-hybridized carbons (Fsp3) is 0.692. The zero-order valence-corrected chi connectivity index (χ0v) is 28.7. The summed E-state index contributed by atoms with van der Waals surface area (Å²) < 4.78 is 6.21. The van der Waals surface area contributed by atoms with Crippen LogP contribution in [0.2, 0.25) is 5.02 Å². The van der Waals surface area contributed by atoms with E-state index >= 15 is 0 Å². The Morgan fingerprint density at radius 1 is 0.886 bits per heavy atom. The van der Waals surface area contributed by atoms with Gasteiger partial charge in [0.05, 0.1) is 5.41 Å². The summed E-state index contributed by atoms with van der Waals surface area (Å²) in [6.45, 7) is 16.9. The maximum atomic E-state index is 13.0. The van der Waals surface area contributed by atoms with Gasteiger partial charge in [0.15, 0.2) is 0 Å². The van der Waals surface area contributed by atoms with Crippen molar-refractivity contribution in [3.05, 3.63) is 52.6 Å². The molecule has 8 atom stereocenters. The molecule has 5 aliphatic carbocycles. The molecule has 0 aromatic heterocycles. The standard InChI is InChI=1S/C39H53ClO4/c1-34(2)20-22-39(33(42)43)23-21-37(6)27(28(39)24-34)13-14-30-36(5)18-17-31(35(3,4)29(36)16-19-38(30,37)7)44-32(41)15-10-25-8-11-26(40)12-9-25/h8-13,15,28-31H,14,16-24H2,1-7H3,(H,42,43)/b15-10+/t28-,29?,30?,31-,36-,37+,38+,39-/m0/s1. The van der Waals surface area contributed by atoms with Crippen molar-refractivity contribution in [3.8, 4) is 0 Å². The monoisotopic (exact) mass is 620 g/mol. The van der Waals surface area contributed by atoms with Gasteiger partial charge in [0, 0.05) is 16.5 Å². The molecule has 2 unspecified atom stereocenters. The van der Waals surface area contributed by atoms with Gasteiger partial charge in [-0.1, -0.05) is 83.8 Å². The first-order chi connectivity index (χ1) is 20.5. The van der Waals surface area contributed by atoms with Gasteiger partial charge in [0.25, 0.3) is 0 Å². The third-order valence-electron chi connectivity index (χ3n) is 14.5. The van der Waals surface area contributed by atoms with Crippen LogP contribution in [0.5, 0.6) is 0 Å². The topological polar surface area (TPSA) is 63.6 Å². The van der Waals surface area contributed by atoms with Crippen LogP contribution in [0.3, 0.4) is 0 Å².